The molecule has 0 heterocycles. The van der Waals surface area contributed by atoms with Crippen molar-refractivity contribution in [1.29, 1.82) is 0 Å². The summed E-state index contributed by atoms with van der Waals surface area (Å²) in [4.78, 5) is 17.9. The summed E-state index contributed by atoms with van der Waals surface area (Å²) in [6.45, 7) is 14.8. The molecule has 6 heteroatoms. The number of nitrogens with zero attached hydrogens (tertiary/aromatic N) is 2. The van der Waals surface area contributed by atoms with Crippen LogP contribution in [0.1, 0.15) is 54.9 Å². The lowest BCUT2D eigenvalue weighted by Gasteiger charge is -2.29. The van der Waals surface area contributed by atoms with Crippen LogP contribution in [-0.2, 0) is 4.74 Å². The Kier molecular flexibility index (Phi) is 9.02. The SMILES string of the molecule is CN=C(NCCC(C)N(C)C(=O)OC(C)(C)C)NC(C)C(C)C. The van der Waals surface area contributed by atoms with Gasteiger partial charge in [-0.15, -0.1) is 0 Å². The van der Waals surface area contributed by atoms with E-state index in [0.29, 0.717) is 12.0 Å². The maximum Gasteiger partial charge on any atom is 0.410 e. The molecule has 0 aromatic heterocycles. The Morgan fingerprint density at radius 2 is 1.78 bits per heavy atom. The van der Waals surface area contributed by atoms with Crippen LogP contribution < -0.4 is 10.6 Å². The topological polar surface area (TPSA) is 66.0 Å². The van der Waals surface area contributed by atoms with Crippen molar-refractivity contribution in [3.05, 3.63) is 0 Å². The summed E-state index contributed by atoms with van der Waals surface area (Å²) in [6, 6.07) is 0.432. The largest absolute Gasteiger partial charge is 0.444 e. The highest BCUT2D eigenvalue weighted by Crippen LogP contribution is 2.11. The summed E-state index contributed by atoms with van der Waals surface area (Å²) in [7, 11) is 3.53. The number of carbonyl (C=O) groups excluding carboxylic acids is 1. The first kappa shape index (κ1) is 21.5. The van der Waals surface area contributed by atoms with Crippen molar-refractivity contribution in [2.24, 2.45) is 10.9 Å². The lowest BCUT2D eigenvalue weighted by molar-refractivity contribution is 0.0230. The zero-order valence-electron chi connectivity index (χ0n) is 16.4. The number of hydrogen-bond acceptors (Lipinski definition) is 3. The Labute approximate surface area is 142 Å². The second-order valence-corrected chi connectivity index (χ2v) is 7.40. The van der Waals surface area contributed by atoms with Gasteiger partial charge in [0.1, 0.15) is 5.60 Å². The van der Waals surface area contributed by atoms with Gasteiger partial charge in [-0.2, -0.15) is 0 Å². The van der Waals surface area contributed by atoms with Crippen molar-refractivity contribution >= 4 is 12.1 Å². The van der Waals surface area contributed by atoms with Gasteiger partial charge in [-0.05, 0) is 47.0 Å². The first-order chi connectivity index (χ1) is 10.5. The number of aliphatic imine (C=N–C) groups is 1. The van der Waals surface area contributed by atoms with E-state index in [0.717, 1.165) is 18.9 Å². The van der Waals surface area contributed by atoms with E-state index < -0.39 is 5.60 Å². The molecular weight excluding hydrogens is 292 g/mol. The zero-order chi connectivity index (χ0) is 18.2. The predicted octanol–water partition coefficient (Wildman–Crippen LogP) is 2.84. The van der Waals surface area contributed by atoms with Gasteiger partial charge in [0.2, 0.25) is 0 Å². The fourth-order valence-electron chi connectivity index (χ4n) is 1.68. The van der Waals surface area contributed by atoms with Gasteiger partial charge in [0.25, 0.3) is 0 Å². The number of guanidine groups is 1. The number of nitrogens with one attached hydrogen (secondary N) is 2. The van der Waals surface area contributed by atoms with Gasteiger partial charge in [0.15, 0.2) is 5.96 Å². The maximum atomic E-state index is 12.0. The van der Waals surface area contributed by atoms with E-state index in [1.807, 2.05) is 27.7 Å². The zero-order valence-corrected chi connectivity index (χ0v) is 16.4. The lowest BCUT2D eigenvalue weighted by atomic mass is 10.1. The Balaban J connectivity index is 4.27. The molecule has 0 saturated carbocycles. The van der Waals surface area contributed by atoms with Crippen molar-refractivity contribution in [3.8, 4) is 0 Å². The fraction of sp³-hybridized carbons (Fsp3) is 0.882. The van der Waals surface area contributed by atoms with E-state index in [2.05, 4.69) is 36.4 Å². The normalized spacial score (nSPS) is 15.1. The van der Waals surface area contributed by atoms with E-state index in [1.54, 1.807) is 19.0 Å². The Morgan fingerprint density at radius 3 is 2.22 bits per heavy atom. The molecule has 136 valence electrons. The molecule has 0 radical (unpaired) electrons. The Morgan fingerprint density at radius 1 is 1.22 bits per heavy atom. The molecule has 0 saturated heterocycles. The standard InChI is InChI=1S/C17H36N4O2/c1-12(2)14(4)20-15(18-8)19-11-10-13(3)21(9)16(22)23-17(5,6)7/h12-14H,10-11H2,1-9H3,(H2,18,19,20). The summed E-state index contributed by atoms with van der Waals surface area (Å²) in [5, 5.41) is 6.64. The van der Waals surface area contributed by atoms with Gasteiger partial charge in [0.05, 0.1) is 0 Å². The van der Waals surface area contributed by atoms with E-state index in [1.165, 1.54) is 0 Å². The molecule has 0 aromatic carbocycles. The van der Waals surface area contributed by atoms with E-state index >= 15 is 0 Å². The average molecular weight is 329 g/mol. The first-order valence-corrected chi connectivity index (χ1v) is 8.41. The van der Waals surface area contributed by atoms with Gasteiger partial charge in [-0.25, -0.2) is 4.79 Å². The van der Waals surface area contributed by atoms with Crippen molar-refractivity contribution < 1.29 is 9.53 Å². The van der Waals surface area contributed by atoms with Gasteiger partial charge < -0.3 is 20.3 Å². The van der Waals surface area contributed by atoms with Gasteiger partial charge in [-0.1, -0.05) is 13.8 Å². The molecule has 0 fully saturated rings. The molecule has 2 unspecified atom stereocenters. The minimum absolute atomic E-state index is 0.0815. The quantitative estimate of drug-likeness (QED) is 0.581. The van der Waals surface area contributed by atoms with E-state index in [9.17, 15) is 4.79 Å². The highest BCUT2D eigenvalue weighted by molar-refractivity contribution is 5.79. The maximum absolute atomic E-state index is 12.0. The molecule has 2 atom stereocenters. The molecule has 0 aromatic rings. The second kappa shape index (κ2) is 9.63. The third kappa shape index (κ3) is 9.31. The van der Waals surface area contributed by atoms with E-state index in [4.69, 9.17) is 4.74 Å². The molecule has 0 bridgehead atoms. The van der Waals surface area contributed by atoms with Crippen LogP contribution in [0, 0.1) is 5.92 Å². The molecule has 23 heavy (non-hydrogen) atoms. The van der Waals surface area contributed by atoms with Crippen LogP contribution in [0.4, 0.5) is 4.79 Å². The van der Waals surface area contributed by atoms with Crippen LogP contribution in [0.2, 0.25) is 0 Å². The van der Waals surface area contributed by atoms with Crippen molar-refractivity contribution in [1.82, 2.24) is 15.5 Å². The van der Waals surface area contributed by atoms with E-state index in [-0.39, 0.29) is 12.1 Å². The highest BCUT2D eigenvalue weighted by atomic mass is 16.6. The summed E-state index contributed by atoms with van der Waals surface area (Å²) in [5.41, 5.74) is -0.470. The second-order valence-electron chi connectivity index (χ2n) is 7.40. The van der Waals surface area contributed by atoms with Crippen LogP contribution in [0.15, 0.2) is 4.99 Å². The predicted molar refractivity (Wildman–Crippen MR) is 96.9 cm³/mol. The summed E-state index contributed by atoms with van der Waals surface area (Å²) in [5.74, 6) is 1.32. The molecule has 0 rings (SSSR count). The molecule has 1 amide bonds. The van der Waals surface area contributed by atoms with Crippen LogP contribution in [-0.4, -0.2) is 55.3 Å². The summed E-state index contributed by atoms with van der Waals surface area (Å²) < 4.78 is 5.38. The van der Waals surface area contributed by atoms with Crippen LogP contribution >= 0.6 is 0 Å². The molecule has 0 spiro atoms. The van der Waals surface area contributed by atoms with Crippen LogP contribution in [0.3, 0.4) is 0 Å². The molecule has 0 aliphatic heterocycles. The van der Waals surface area contributed by atoms with Gasteiger partial charge in [-0.3, -0.25) is 4.99 Å². The summed E-state index contributed by atoms with van der Waals surface area (Å²) >= 11 is 0. The van der Waals surface area contributed by atoms with Crippen molar-refractivity contribution in [2.45, 2.75) is 72.6 Å². The monoisotopic (exact) mass is 328 g/mol. The smallest absolute Gasteiger partial charge is 0.410 e. The van der Waals surface area contributed by atoms with Gasteiger partial charge >= 0.3 is 6.09 Å². The molecule has 6 nitrogen and oxygen atoms in total. The highest BCUT2D eigenvalue weighted by Gasteiger charge is 2.22. The number of rotatable bonds is 6. The van der Waals surface area contributed by atoms with Gasteiger partial charge in [0, 0.05) is 32.7 Å². The molecule has 0 aliphatic rings. The number of amides is 1. The Bertz CT molecular complexity index is 389. The first-order valence-electron chi connectivity index (χ1n) is 8.41. The van der Waals surface area contributed by atoms with Crippen molar-refractivity contribution in [2.75, 3.05) is 20.6 Å². The third-order valence-corrected chi connectivity index (χ3v) is 3.79. The Hall–Kier alpha value is -1.46. The minimum Gasteiger partial charge on any atom is -0.444 e. The van der Waals surface area contributed by atoms with Crippen LogP contribution in [0.25, 0.3) is 0 Å². The lowest BCUT2D eigenvalue weighted by Crippen LogP contribution is -2.46. The minimum atomic E-state index is -0.470. The third-order valence-electron chi connectivity index (χ3n) is 3.79. The fourth-order valence-corrected chi connectivity index (χ4v) is 1.68. The molecular formula is C17H36N4O2. The number of carbonyl (C=O) groups is 1. The number of ether oxygens (including phenoxy) is 1. The molecule has 2 N–H and O–H groups in total. The number of hydrogen-bond donors (Lipinski definition) is 2. The van der Waals surface area contributed by atoms with Crippen LogP contribution in [0.5, 0.6) is 0 Å². The molecule has 0 aliphatic carbocycles. The summed E-state index contributed by atoms with van der Waals surface area (Å²) in [6.07, 6.45) is 0.521. The van der Waals surface area contributed by atoms with Crippen molar-refractivity contribution in [3.63, 3.8) is 0 Å². The average Bonchev–Trinajstić information content (AvgIpc) is 2.42.